The Morgan fingerprint density at radius 3 is 1.05 bits per heavy atom. The number of carbonyl (C=O) groups excluding carboxylic acids is 4. The Hall–Kier alpha value is -4.67. The molecule has 0 N–H and O–H groups in total. The molecule has 0 fully saturated rings. The van der Waals surface area contributed by atoms with Crippen LogP contribution < -0.4 is 0 Å². The minimum Gasteiger partial charge on any atom is -0.459 e. The minimum absolute atomic E-state index is 0.0305. The van der Waals surface area contributed by atoms with E-state index in [1.54, 1.807) is 50.2 Å². The van der Waals surface area contributed by atoms with Crippen molar-refractivity contribution in [2.75, 3.05) is 0 Å². The van der Waals surface area contributed by atoms with E-state index in [-0.39, 0.29) is 36.5 Å². The summed E-state index contributed by atoms with van der Waals surface area (Å²) in [5.41, 5.74) is 1.93. The van der Waals surface area contributed by atoms with Crippen LogP contribution in [0, 0.1) is 0 Å². The molecule has 0 aliphatic carbocycles. The third-order valence-corrected chi connectivity index (χ3v) is 12.0. The van der Waals surface area contributed by atoms with Gasteiger partial charge in [-0.15, -0.1) is 0 Å². The maximum absolute atomic E-state index is 13.1. The summed E-state index contributed by atoms with van der Waals surface area (Å²) < 4.78 is 22.3. The number of aromatic nitrogens is 3. The van der Waals surface area contributed by atoms with Crippen molar-refractivity contribution in [3.8, 4) is 0 Å². The number of rotatable bonds is 38. The van der Waals surface area contributed by atoms with Crippen molar-refractivity contribution < 1.29 is 38.1 Å². The highest BCUT2D eigenvalue weighted by Gasteiger charge is 2.21. The number of pyridine rings is 3. The molecule has 0 unspecified atom stereocenters. The lowest BCUT2D eigenvalue weighted by atomic mass is 10.0. The fourth-order valence-corrected chi connectivity index (χ4v) is 7.86. The van der Waals surface area contributed by atoms with Crippen LogP contribution in [0.5, 0.6) is 0 Å². The fourth-order valence-electron chi connectivity index (χ4n) is 7.86. The second-order valence-electron chi connectivity index (χ2n) is 17.9. The first-order valence-corrected chi connectivity index (χ1v) is 25.8. The predicted molar refractivity (Wildman–Crippen MR) is 261 cm³/mol. The van der Waals surface area contributed by atoms with Gasteiger partial charge in [-0.3, -0.25) is 19.6 Å². The molecule has 3 rings (SSSR count). The molecule has 3 heterocycles. The van der Waals surface area contributed by atoms with Crippen molar-refractivity contribution in [1.82, 2.24) is 15.0 Å². The van der Waals surface area contributed by atoms with Crippen molar-refractivity contribution >= 4 is 23.9 Å². The highest BCUT2D eigenvalue weighted by atomic mass is 16.6. The molecule has 0 radical (unpaired) electrons. The molecule has 0 aromatic carbocycles. The molecular formula is C55H83N3O8. The van der Waals surface area contributed by atoms with Crippen LogP contribution in [0.2, 0.25) is 0 Å². The zero-order chi connectivity index (χ0) is 47.5. The van der Waals surface area contributed by atoms with Gasteiger partial charge in [0.25, 0.3) is 0 Å². The van der Waals surface area contributed by atoms with Crippen LogP contribution in [0.3, 0.4) is 0 Å². The van der Waals surface area contributed by atoms with E-state index < -0.39 is 24.1 Å². The molecule has 0 saturated heterocycles. The molecule has 11 heteroatoms. The summed E-state index contributed by atoms with van der Waals surface area (Å²) in [7, 11) is 0. The van der Waals surface area contributed by atoms with Gasteiger partial charge in [-0.1, -0.05) is 186 Å². The molecule has 0 spiro atoms. The van der Waals surface area contributed by atoms with Crippen LogP contribution in [0.15, 0.2) is 54.6 Å². The fraction of sp³-hybridized carbons (Fsp3) is 0.655. The maximum Gasteiger partial charge on any atom is 0.357 e. The van der Waals surface area contributed by atoms with E-state index in [0.29, 0.717) is 35.6 Å². The zero-order valence-electron chi connectivity index (χ0n) is 41.2. The van der Waals surface area contributed by atoms with Gasteiger partial charge in [0.05, 0.1) is 22.8 Å². The van der Waals surface area contributed by atoms with Crippen molar-refractivity contribution in [3.63, 3.8) is 0 Å². The van der Waals surface area contributed by atoms with Gasteiger partial charge >= 0.3 is 23.9 Å². The molecule has 66 heavy (non-hydrogen) atoms. The first-order valence-electron chi connectivity index (χ1n) is 25.8. The molecule has 0 saturated carbocycles. The summed E-state index contributed by atoms with van der Waals surface area (Å²) >= 11 is 0. The molecule has 0 aliphatic heterocycles. The normalized spacial score (nSPS) is 12.1. The summed E-state index contributed by atoms with van der Waals surface area (Å²) in [4.78, 5) is 64.5. The van der Waals surface area contributed by atoms with Gasteiger partial charge in [-0.25, -0.2) is 14.6 Å². The van der Waals surface area contributed by atoms with E-state index in [1.165, 1.54) is 147 Å². The highest BCUT2D eigenvalue weighted by molar-refractivity contribution is 5.91. The molecular weight excluding hydrogens is 831 g/mol. The Morgan fingerprint density at radius 2 is 0.712 bits per heavy atom. The SMILES string of the molecule is CCCCCCCCCCCCCCCC(=O)OCc1cccc([C@H](C)OC(=O)c2cccc(C(=O)O[C@H](C)c3cccc(COC(=O)CCCCCCCCCCCCCCC)n3)n2)n1. The monoisotopic (exact) mass is 914 g/mol. The lowest BCUT2D eigenvalue weighted by Gasteiger charge is -2.15. The van der Waals surface area contributed by atoms with Crippen LogP contribution in [0.25, 0.3) is 0 Å². The number of unbranched alkanes of at least 4 members (excludes halogenated alkanes) is 24. The summed E-state index contributed by atoms with van der Waals surface area (Å²) in [6.07, 6.45) is 31.7. The second kappa shape index (κ2) is 35.5. The van der Waals surface area contributed by atoms with Crippen molar-refractivity contribution in [2.45, 2.75) is 233 Å². The van der Waals surface area contributed by atoms with Gasteiger partial charge < -0.3 is 18.9 Å². The van der Waals surface area contributed by atoms with Crippen LogP contribution in [0.1, 0.15) is 263 Å². The third kappa shape index (κ3) is 25.3. The van der Waals surface area contributed by atoms with Crippen LogP contribution in [0.4, 0.5) is 0 Å². The smallest absolute Gasteiger partial charge is 0.357 e. The predicted octanol–water partition coefficient (Wildman–Crippen LogP) is 14.8. The van der Waals surface area contributed by atoms with Crippen LogP contribution in [-0.2, 0) is 41.8 Å². The Balaban J connectivity index is 1.32. The lowest BCUT2D eigenvalue weighted by Crippen LogP contribution is -2.16. The molecule has 11 nitrogen and oxygen atoms in total. The Morgan fingerprint density at radius 1 is 0.409 bits per heavy atom. The molecule has 0 bridgehead atoms. The Labute approximate surface area is 397 Å². The van der Waals surface area contributed by atoms with Gasteiger partial charge in [0, 0.05) is 12.8 Å². The Bertz CT molecular complexity index is 1680. The van der Waals surface area contributed by atoms with Gasteiger partial charge in [0.15, 0.2) is 0 Å². The van der Waals surface area contributed by atoms with Gasteiger partial charge in [0.2, 0.25) is 0 Å². The number of carbonyl (C=O) groups is 4. The number of hydrogen-bond acceptors (Lipinski definition) is 11. The lowest BCUT2D eigenvalue weighted by molar-refractivity contribution is -0.146. The molecule has 0 amide bonds. The van der Waals surface area contributed by atoms with E-state index in [2.05, 4.69) is 28.8 Å². The average Bonchev–Trinajstić information content (AvgIpc) is 3.33. The molecule has 2 atom stereocenters. The van der Waals surface area contributed by atoms with Crippen molar-refractivity contribution in [3.05, 3.63) is 88.8 Å². The summed E-state index contributed by atoms with van der Waals surface area (Å²) in [6, 6.07) is 15.0. The Kier molecular flexibility index (Phi) is 29.9. The third-order valence-electron chi connectivity index (χ3n) is 12.0. The van der Waals surface area contributed by atoms with E-state index in [9.17, 15) is 19.2 Å². The molecule has 366 valence electrons. The average molecular weight is 914 g/mol. The number of nitrogens with zero attached hydrogens (tertiary/aromatic N) is 3. The van der Waals surface area contributed by atoms with Gasteiger partial charge in [0.1, 0.15) is 36.8 Å². The quantitative estimate of drug-likeness (QED) is 0.0308. The summed E-state index contributed by atoms with van der Waals surface area (Å²) in [6.45, 7) is 7.94. The highest BCUT2D eigenvalue weighted by Crippen LogP contribution is 2.21. The van der Waals surface area contributed by atoms with Gasteiger partial charge in [-0.2, -0.15) is 0 Å². The minimum atomic E-state index is -0.742. The maximum atomic E-state index is 13.1. The van der Waals surface area contributed by atoms with Gasteiger partial charge in [-0.05, 0) is 63.1 Å². The summed E-state index contributed by atoms with van der Waals surface area (Å²) in [5.74, 6) is -1.97. The molecule has 3 aromatic heterocycles. The summed E-state index contributed by atoms with van der Waals surface area (Å²) in [5, 5.41) is 0. The number of hydrogen-bond donors (Lipinski definition) is 0. The topological polar surface area (TPSA) is 144 Å². The standard InChI is InChI=1S/C55H83N3O8/c1-5-7-9-11-13-15-17-19-21-23-25-27-29-40-52(59)63-42-46-34-31-36-48(56-46)44(3)65-54(61)50-38-33-39-51(58-50)55(62)66-45(4)49-37-32-35-47(57-49)43-64-53(60)41-30-28-26-24-22-20-18-16-14-12-10-8-6-2/h31-39,44-45H,5-30,40-43H2,1-4H3/t44-,45+. The number of esters is 4. The van der Waals surface area contributed by atoms with E-state index >= 15 is 0 Å². The largest absolute Gasteiger partial charge is 0.459 e. The first kappa shape index (κ1) is 55.7. The number of ether oxygens (including phenoxy) is 4. The van der Waals surface area contributed by atoms with E-state index in [0.717, 1.165) is 38.5 Å². The second-order valence-corrected chi connectivity index (χ2v) is 17.9. The van der Waals surface area contributed by atoms with E-state index in [1.807, 2.05) is 0 Å². The van der Waals surface area contributed by atoms with Crippen LogP contribution in [-0.4, -0.2) is 38.8 Å². The zero-order valence-corrected chi connectivity index (χ0v) is 41.2. The van der Waals surface area contributed by atoms with Crippen LogP contribution >= 0.6 is 0 Å². The van der Waals surface area contributed by atoms with E-state index in [4.69, 9.17) is 18.9 Å². The van der Waals surface area contributed by atoms with Crippen molar-refractivity contribution in [1.29, 1.82) is 0 Å². The van der Waals surface area contributed by atoms with Crippen molar-refractivity contribution in [2.24, 2.45) is 0 Å². The molecule has 3 aromatic rings. The molecule has 0 aliphatic rings. The first-order chi connectivity index (χ1) is 32.2.